The molecule has 36 heavy (non-hydrogen) atoms. The van der Waals surface area contributed by atoms with Crippen molar-refractivity contribution in [3.05, 3.63) is 106 Å². The first kappa shape index (κ1) is 27.4. The number of benzene rings is 3. The third-order valence-corrected chi connectivity index (χ3v) is 6.63. The van der Waals surface area contributed by atoms with Crippen LogP contribution < -0.4 is 0 Å². The number of unbranched alkanes of at least 4 members (excludes halogenated alkanes) is 8. The monoisotopic (exact) mass is 474 g/mol. The molecule has 0 aliphatic heterocycles. The molecule has 0 atom stereocenters. The summed E-state index contributed by atoms with van der Waals surface area (Å²) in [5, 5.41) is 0. The molecule has 0 spiro atoms. The fraction of sp³-hybridized carbons (Fsp3) is 0.389. The summed E-state index contributed by atoms with van der Waals surface area (Å²) in [6, 6.07) is 25.7. The van der Waals surface area contributed by atoms with Gasteiger partial charge >= 0.3 is 0 Å². The summed E-state index contributed by atoms with van der Waals surface area (Å²) in [4.78, 5) is 0. The van der Waals surface area contributed by atoms with Crippen molar-refractivity contribution < 1.29 is 0 Å². The Morgan fingerprint density at radius 2 is 0.639 bits per heavy atom. The molecule has 0 nitrogen and oxygen atoms in total. The van der Waals surface area contributed by atoms with E-state index in [0.29, 0.717) is 0 Å². The smallest absolute Gasteiger partial charge is 0.0249 e. The summed E-state index contributed by atoms with van der Waals surface area (Å²) >= 11 is 0. The average molecular weight is 475 g/mol. The number of rotatable bonds is 12. The molecule has 0 amide bonds. The molecule has 0 fully saturated rings. The largest absolute Gasteiger partial charge is 0.0654 e. The van der Waals surface area contributed by atoms with Gasteiger partial charge in [0.25, 0.3) is 0 Å². The molecule has 0 aliphatic carbocycles. The van der Waals surface area contributed by atoms with E-state index in [1.165, 1.54) is 88.2 Å². The van der Waals surface area contributed by atoms with Crippen LogP contribution in [0, 0.1) is 23.7 Å². The lowest BCUT2D eigenvalue weighted by Gasteiger charge is -2.02. The maximum absolute atomic E-state index is 3.30. The molecule has 0 saturated heterocycles. The molecule has 3 rings (SSSR count). The summed E-state index contributed by atoms with van der Waals surface area (Å²) in [7, 11) is 0. The van der Waals surface area contributed by atoms with Crippen LogP contribution in [0.3, 0.4) is 0 Å². The van der Waals surface area contributed by atoms with Crippen molar-refractivity contribution in [1.29, 1.82) is 0 Å². The summed E-state index contributed by atoms with van der Waals surface area (Å²) in [5.74, 6) is 13.2. The second kappa shape index (κ2) is 16.5. The van der Waals surface area contributed by atoms with Crippen LogP contribution in [-0.2, 0) is 12.8 Å². The Kier molecular flexibility index (Phi) is 12.5. The van der Waals surface area contributed by atoms with Crippen LogP contribution in [0.25, 0.3) is 0 Å². The van der Waals surface area contributed by atoms with Gasteiger partial charge in [0.1, 0.15) is 0 Å². The molecule has 3 aromatic carbocycles. The Balaban J connectivity index is 1.46. The third kappa shape index (κ3) is 10.6. The van der Waals surface area contributed by atoms with Crippen molar-refractivity contribution in [2.24, 2.45) is 0 Å². The molecule has 0 aromatic heterocycles. The van der Waals surface area contributed by atoms with E-state index in [4.69, 9.17) is 0 Å². The van der Waals surface area contributed by atoms with Crippen LogP contribution in [0.4, 0.5) is 0 Å². The molecule has 0 saturated carbocycles. The summed E-state index contributed by atoms with van der Waals surface area (Å²) < 4.78 is 0. The minimum Gasteiger partial charge on any atom is -0.0654 e. The van der Waals surface area contributed by atoms with E-state index in [1.54, 1.807) is 0 Å². The van der Waals surface area contributed by atoms with Gasteiger partial charge in [-0.2, -0.15) is 0 Å². The molecule has 0 aliphatic rings. The van der Waals surface area contributed by atoms with Crippen molar-refractivity contribution in [2.75, 3.05) is 0 Å². The fourth-order valence-corrected chi connectivity index (χ4v) is 4.30. The Morgan fingerprint density at radius 3 is 1.00 bits per heavy atom. The fourth-order valence-electron chi connectivity index (χ4n) is 4.30. The van der Waals surface area contributed by atoms with Crippen LogP contribution >= 0.6 is 0 Å². The van der Waals surface area contributed by atoms with E-state index >= 15 is 0 Å². The summed E-state index contributed by atoms with van der Waals surface area (Å²) in [5.41, 5.74) is 7.00. The third-order valence-electron chi connectivity index (χ3n) is 6.63. The Morgan fingerprint density at radius 1 is 0.361 bits per heavy atom. The lowest BCUT2D eigenvalue weighted by atomic mass is 10.0. The van der Waals surface area contributed by atoms with Gasteiger partial charge in [0.2, 0.25) is 0 Å². The van der Waals surface area contributed by atoms with Crippen LogP contribution in [0.5, 0.6) is 0 Å². The van der Waals surface area contributed by atoms with Gasteiger partial charge in [-0.3, -0.25) is 0 Å². The normalized spacial score (nSPS) is 10.3. The first-order valence-corrected chi connectivity index (χ1v) is 14.1. The Labute approximate surface area is 220 Å². The van der Waals surface area contributed by atoms with E-state index in [9.17, 15) is 0 Å². The summed E-state index contributed by atoms with van der Waals surface area (Å²) in [6.45, 7) is 4.52. The molecule has 0 radical (unpaired) electrons. The number of hydrogen-bond donors (Lipinski definition) is 0. The van der Waals surface area contributed by atoms with E-state index in [2.05, 4.69) is 110 Å². The highest BCUT2D eigenvalue weighted by Crippen LogP contribution is 2.12. The maximum atomic E-state index is 3.30. The molecule has 0 unspecified atom stereocenters. The van der Waals surface area contributed by atoms with Gasteiger partial charge in [0.15, 0.2) is 0 Å². The van der Waals surface area contributed by atoms with Crippen LogP contribution in [0.1, 0.15) is 111 Å². The number of hydrogen-bond acceptors (Lipinski definition) is 0. The molecule has 0 N–H and O–H groups in total. The second-order valence-corrected chi connectivity index (χ2v) is 9.80. The number of aryl methyl sites for hydroxylation is 2. The lowest BCUT2D eigenvalue weighted by Crippen LogP contribution is -1.87. The van der Waals surface area contributed by atoms with Crippen LogP contribution in [-0.4, -0.2) is 0 Å². The van der Waals surface area contributed by atoms with Crippen molar-refractivity contribution in [3.8, 4) is 23.7 Å². The van der Waals surface area contributed by atoms with Gasteiger partial charge in [0, 0.05) is 22.3 Å². The molecule has 3 aromatic rings. The molecule has 0 bridgehead atoms. The van der Waals surface area contributed by atoms with Gasteiger partial charge in [-0.25, -0.2) is 0 Å². The maximum Gasteiger partial charge on any atom is 0.0249 e. The minimum atomic E-state index is 1.02. The van der Waals surface area contributed by atoms with Gasteiger partial charge in [-0.1, -0.05) is 113 Å². The predicted molar refractivity (Wildman–Crippen MR) is 156 cm³/mol. The highest BCUT2D eigenvalue weighted by Gasteiger charge is 1.96. The molecular formula is C36H42. The van der Waals surface area contributed by atoms with E-state index in [0.717, 1.165) is 22.3 Å². The molecule has 0 heteroatoms. The topological polar surface area (TPSA) is 0 Å². The van der Waals surface area contributed by atoms with Crippen molar-refractivity contribution >= 4 is 0 Å². The van der Waals surface area contributed by atoms with Crippen molar-refractivity contribution in [2.45, 2.75) is 90.9 Å². The van der Waals surface area contributed by atoms with Gasteiger partial charge in [-0.05, 0) is 85.3 Å². The standard InChI is InChI=1S/C36H42/c1-3-5-7-9-10-12-14-32-17-21-34(22-18-32)24-26-36-29-27-35(28-30-36)25-23-33-19-15-31(16-20-33)13-11-8-6-4-2/h15-22,27-30H,3-14H2,1-2H3. The Bertz CT molecular complexity index is 1120. The van der Waals surface area contributed by atoms with Gasteiger partial charge in [-0.15, -0.1) is 0 Å². The van der Waals surface area contributed by atoms with E-state index in [-0.39, 0.29) is 0 Å². The quantitative estimate of drug-likeness (QED) is 0.181. The van der Waals surface area contributed by atoms with Crippen LogP contribution in [0.2, 0.25) is 0 Å². The highest BCUT2D eigenvalue weighted by molar-refractivity contribution is 5.48. The van der Waals surface area contributed by atoms with E-state index < -0.39 is 0 Å². The molecular weight excluding hydrogens is 432 g/mol. The first-order valence-electron chi connectivity index (χ1n) is 14.1. The molecule has 0 heterocycles. The zero-order valence-electron chi connectivity index (χ0n) is 22.4. The van der Waals surface area contributed by atoms with E-state index in [1.807, 2.05) is 0 Å². The first-order chi connectivity index (χ1) is 17.8. The second-order valence-electron chi connectivity index (χ2n) is 9.80. The highest BCUT2D eigenvalue weighted by atomic mass is 14.0. The van der Waals surface area contributed by atoms with Crippen molar-refractivity contribution in [1.82, 2.24) is 0 Å². The SMILES string of the molecule is CCCCCCCCc1ccc(C#Cc2ccc(C#Cc3ccc(CCCCCC)cc3)cc2)cc1. The minimum absolute atomic E-state index is 1.02. The lowest BCUT2D eigenvalue weighted by molar-refractivity contribution is 0.607. The zero-order valence-corrected chi connectivity index (χ0v) is 22.4. The van der Waals surface area contributed by atoms with Crippen molar-refractivity contribution in [3.63, 3.8) is 0 Å². The van der Waals surface area contributed by atoms with Gasteiger partial charge in [0.05, 0.1) is 0 Å². The molecule has 186 valence electrons. The van der Waals surface area contributed by atoms with Gasteiger partial charge < -0.3 is 0 Å². The van der Waals surface area contributed by atoms with Crippen LogP contribution in [0.15, 0.2) is 72.8 Å². The Hall–Kier alpha value is -3.22. The zero-order chi connectivity index (χ0) is 25.3. The summed E-state index contributed by atoms with van der Waals surface area (Å²) in [6.07, 6.45) is 15.6. The average Bonchev–Trinajstić information content (AvgIpc) is 2.92. The predicted octanol–water partition coefficient (Wildman–Crippen LogP) is 9.51.